The summed E-state index contributed by atoms with van der Waals surface area (Å²) in [5.74, 6) is 0. The third-order valence-corrected chi connectivity index (χ3v) is 8.06. The standard InChI is InChI=1S/C25H26N2.C11H8O/c1-24(2)11-10-20-18(15-24)16-25(3,4)23-21(20)9-7-17-6-8-19(14-22(17)23)27-13-5-12-26-27;12-8-9-5-6-10-3-1-2-4-11(10)7-9/h5-14H,15-16H2,1-4H3;1-8H. The van der Waals surface area contributed by atoms with Crippen LogP contribution < -0.4 is 0 Å². The number of allylic oxidation sites excluding steroid dienone is 4. The zero-order chi connectivity index (χ0) is 27.2. The number of hydrogen-bond acceptors (Lipinski definition) is 2. The molecule has 3 nitrogen and oxygen atoms in total. The van der Waals surface area contributed by atoms with E-state index in [0.717, 1.165) is 35.8 Å². The Balaban J connectivity index is 0.000000193. The van der Waals surface area contributed by atoms with Crippen LogP contribution in [-0.4, -0.2) is 16.1 Å². The van der Waals surface area contributed by atoms with E-state index < -0.39 is 0 Å². The summed E-state index contributed by atoms with van der Waals surface area (Å²) in [5.41, 5.74) is 8.20. The lowest BCUT2D eigenvalue weighted by Gasteiger charge is -2.40. The van der Waals surface area contributed by atoms with E-state index in [1.807, 2.05) is 65.6 Å². The van der Waals surface area contributed by atoms with Gasteiger partial charge in [0.25, 0.3) is 0 Å². The zero-order valence-corrected chi connectivity index (χ0v) is 23.1. The van der Waals surface area contributed by atoms with Gasteiger partial charge in [-0.1, -0.05) is 100 Å². The summed E-state index contributed by atoms with van der Waals surface area (Å²) >= 11 is 0. The molecule has 0 N–H and O–H groups in total. The fourth-order valence-corrected chi connectivity index (χ4v) is 6.30. The minimum absolute atomic E-state index is 0.123. The molecule has 0 atom stereocenters. The first-order valence-electron chi connectivity index (χ1n) is 13.7. The second kappa shape index (κ2) is 9.50. The lowest BCUT2D eigenvalue weighted by atomic mass is 9.64. The Morgan fingerprint density at radius 3 is 2.36 bits per heavy atom. The largest absolute Gasteiger partial charge is 0.298 e. The van der Waals surface area contributed by atoms with Crippen molar-refractivity contribution in [3.63, 3.8) is 0 Å². The molecule has 3 heteroatoms. The highest BCUT2D eigenvalue weighted by Crippen LogP contribution is 2.51. The topological polar surface area (TPSA) is 34.9 Å². The predicted octanol–water partition coefficient (Wildman–Crippen LogP) is 9.10. The third kappa shape index (κ3) is 4.74. The van der Waals surface area contributed by atoms with Crippen LogP contribution in [0.4, 0.5) is 0 Å². The summed E-state index contributed by atoms with van der Waals surface area (Å²) in [6.45, 7) is 9.49. The van der Waals surface area contributed by atoms with Crippen molar-refractivity contribution >= 4 is 33.4 Å². The molecule has 0 spiro atoms. The van der Waals surface area contributed by atoms with Gasteiger partial charge in [0.05, 0.1) is 5.69 Å². The number of aromatic nitrogens is 2. The van der Waals surface area contributed by atoms with E-state index in [4.69, 9.17) is 0 Å². The Bertz CT molecular complexity index is 1770. The molecule has 0 saturated carbocycles. The molecule has 0 bridgehead atoms. The molecule has 39 heavy (non-hydrogen) atoms. The Kier molecular flexibility index (Phi) is 6.10. The van der Waals surface area contributed by atoms with Gasteiger partial charge in [-0.05, 0) is 86.2 Å². The normalized spacial score (nSPS) is 16.8. The molecule has 0 amide bonds. The van der Waals surface area contributed by atoms with Gasteiger partial charge in [-0.2, -0.15) is 5.10 Å². The average molecular weight is 511 g/mol. The van der Waals surface area contributed by atoms with Crippen molar-refractivity contribution in [1.29, 1.82) is 0 Å². The maximum absolute atomic E-state index is 10.5. The van der Waals surface area contributed by atoms with E-state index in [1.54, 1.807) is 5.57 Å². The SMILES string of the molecule is CC1(C)C=CC2=C(C1)CC(C)(C)c1c2ccc2ccc(-n3cccn3)cc12.O=Cc1ccc2ccccc2c1. The van der Waals surface area contributed by atoms with Crippen LogP contribution in [-0.2, 0) is 5.41 Å². The molecule has 0 saturated heterocycles. The van der Waals surface area contributed by atoms with Crippen LogP contribution in [0.3, 0.4) is 0 Å². The summed E-state index contributed by atoms with van der Waals surface area (Å²) in [6, 6.07) is 27.0. The maximum Gasteiger partial charge on any atom is 0.150 e. The molecule has 5 aromatic rings. The highest BCUT2D eigenvalue weighted by atomic mass is 16.1. The second-order valence-corrected chi connectivity index (χ2v) is 12.1. The molecule has 4 aromatic carbocycles. The number of fused-ring (bicyclic) bond motifs is 5. The lowest BCUT2D eigenvalue weighted by Crippen LogP contribution is -2.27. The Morgan fingerprint density at radius 1 is 0.821 bits per heavy atom. The molecule has 2 aliphatic carbocycles. The van der Waals surface area contributed by atoms with Gasteiger partial charge in [-0.15, -0.1) is 0 Å². The van der Waals surface area contributed by atoms with Gasteiger partial charge in [0, 0.05) is 18.0 Å². The summed E-state index contributed by atoms with van der Waals surface area (Å²) in [7, 11) is 0. The Morgan fingerprint density at radius 2 is 1.59 bits per heavy atom. The molecule has 0 fully saturated rings. The summed E-state index contributed by atoms with van der Waals surface area (Å²) in [5, 5.41) is 9.37. The van der Waals surface area contributed by atoms with Crippen LogP contribution in [0.1, 0.15) is 62.0 Å². The van der Waals surface area contributed by atoms with Crippen molar-refractivity contribution in [2.45, 2.75) is 46.0 Å². The maximum atomic E-state index is 10.5. The quantitative estimate of drug-likeness (QED) is 0.222. The predicted molar refractivity (Wildman–Crippen MR) is 163 cm³/mol. The number of hydrogen-bond donors (Lipinski definition) is 0. The van der Waals surface area contributed by atoms with E-state index in [1.165, 1.54) is 32.9 Å². The smallest absolute Gasteiger partial charge is 0.150 e. The molecule has 194 valence electrons. The molecule has 0 unspecified atom stereocenters. The minimum atomic E-state index is 0.123. The van der Waals surface area contributed by atoms with Gasteiger partial charge in [-0.3, -0.25) is 4.79 Å². The molecule has 7 rings (SSSR count). The van der Waals surface area contributed by atoms with E-state index in [0.29, 0.717) is 0 Å². The molecule has 1 aromatic heterocycles. The van der Waals surface area contributed by atoms with Gasteiger partial charge in [-0.25, -0.2) is 4.68 Å². The van der Waals surface area contributed by atoms with Crippen molar-refractivity contribution in [1.82, 2.24) is 9.78 Å². The monoisotopic (exact) mass is 510 g/mol. The first-order chi connectivity index (χ1) is 18.7. The zero-order valence-electron chi connectivity index (χ0n) is 23.1. The van der Waals surface area contributed by atoms with Crippen molar-refractivity contribution in [2.24, 2.45) is 5.41 Å². The van der Waals surface area contributed by atoms with Crippen molar-refractivity contribution in [3.05, 3.63) is 126 Å². The van der Waals surface area contributed by atoms with Crippen LogP contribution in [0.15, 0.2) is 109 Å². The molecule has 0 radical (unpaired) electrons. The highest BCUT2D eigenvalue weighted by Gasteiger charge is 2.36. The van der Waals surface area contributed by atoms with Crippen molar-refractivity contribution < 1.29 is 4.79 Å². The fourth-order valence-electron chi connectivity index (χ4n) is 6.30. The summed E-state index contributed by atoms with van der Waals surface area (Å²) in [6.07, 6.45) is 11.8. The number of nitrogens with zero attached hydrogens (tertiary/aromatic N) is 2. The van der Waals surface area contributed by atoms with E-state index in [-0.39, 0.29) is 10.8 Å². The number of benzene rings is 4. The first-order valence-corrected chi connectivity index (χ1v) is 13.7. The number of carbonyl (C=O) groups excluding carboxylic acids is 1. The molecular formula is C36H34N2O. The number of aldehydes is 1. The van der Waals surface area contributed by atoms with E-state index >= 15 is 0 Å². The van der Waals surface area contributed by atoms with E-state index in [2.05, 4.69) is 75.3 Å². The van der Waals surface area contributed by atoms with E-state index in [9.17, 15) is 4.79 Å². The van der Waals surface area contributed by atoms with Gasteiger partial charge in [0.1, 0.15) is 6.29 Å². The summed E-state index contributed by atoms with van der Waals surface area (Å²) < 4.78 is 1.95. The van der Waals surface area contributed by atoms with Crippen LogP contribution in [0.25, 0.3) is 32.8 Å². The van der Waals surface area contributed by atoms with Crippen LogP contribution in [0.5, 0.6) is 0 Å². The number of rotatable bonds is 2. The first kappa shape index (κ1) is 25.1. The Labute approximate surface area is 230 Å². The van der Waals surface area contributed by atoms with Crippen LogP contribution in [0.2, 0.25) is 0 Å². The van der Waals surface area contributed by atoms with Crippen molar-refractivity contribution in [3.8, 4) is 5.69 Å². The summed E-state index contributed by atoms with van der Waals surface area (Å²) in [4.78, 5) is 10.5. The van der Waals surface area contributed by atoms with Gasteiger partial charge in [0.15, 0.2) is 0 Å². The van der Waals surface area contributed by atoms with Gasteiger partial charge >= 0.3 is 0 Å². The van der Waals surface area contributed by atoms with Crippen molar-refractivity contribution in [2.75, 3.05) is 0 Å². The fraction of sp³-hybridized carbons (Fsp3) is 0.222. The molecule has 2 aliphatic rings. The molecular weight excluding hydrogens is 476 g/mol. The van der Waals surface area contributed by atoms with Gasteiger partial charge in [0.2, 0.25) is 0 Å². The van der Waals surface area contributed by atoms with Crippen LogP contribution in [0, 0.1) is 5.41 Å². The molecule has 1 heterocycles. The third-order valence-electron chi connectivity index (χ3n) is 8.06. The second-order valence-electron chi connectivity index (χ2n) is 12.1. The highest BCUT2D eigenvalue weighted by molar-refractivity contribution is 5.96. The minimum Gasteiger partial charge on any atom is -0.298 e. The Hall–Kier alpha value is -4.24. The lowest BCUT2D eigenvalue weighted by molar-refractivity contribution is 0.112. The van der Waals surface area contributed by atoms with Crippen LogP contribution >= 0.6 is 0 Å². The molecule has 0 aliphatic heterocycles. The average Bonchev–Trinajstić information content (AvgIpc) is 3.46. The number of carbonyl (C=O) groups is 1. The van der Waals surface area contributed by atoms with Gasteiger partial charge < -0.3 is 0 Å².